The first-order chi connectivity index (χ1) is 23.8. The van der Waals surface area contributed by atoms with E-state index in [-0.39, 0.29) is 36.7 Å². The van der Waals surface area contributed by atoms with Gasteiger partial charge in [0.1, 0.15) is 11.9 Å². The van der Waals surface area contributed by atoms with Crippen LogP contribution >= 0.6 is 0 Å². The lowest BCUT2D eigenvalue weighted by Crippen LogP contribution is -2.45. The molecule has 2 aliphatic carbocycles. The average Bonchev–Trinajstić information content (AvgIpc) is 3.51. The van der Waals surface area contributed by atoms with Crippen molar-refractivity contribution in [3.05, 3.63) is 111 Å². The Morgan fingerprint density at radius 3 is 2.16 bits per heavy atom. The van der Waals surface area contributed by atoms with Gasteiger partial charge < -0.3 is 20.9 Å². The Hall–Kier alpha value is -5.48. The minimum Gasteiger partial charge on any atom is -0.355 e. The smallest absolute Gasteiger partial charge is 0.251 e. The Labute approximate surface area is 282 Å². The van der Waals surface area contributed by atoms with E-state index in [9.17, 15) is 24.0 Å². The Balaban J connectivity index is 1.38. The molecule has 0 radical (unpaired) electrons. The summed E-state index contributed by atoms with van der Waals surface area (Å²) >= 11 is 0. The van der Waals surface area contributed by atoms with Crippen molar-refractivity contribution in [1.82, 2.24) is 41.5 Å². The normalized spacial score (nSPS) is 20.5. The molecule has 12 nitrogen and oxygen atoms in total. The van der Waals surface area contributed by atoms with Crippen molar-refractivity contribution in [3.63, 3.8) is 0 Å². The SMILES string of the molecule is CNC(=O)c1ccc2c(c1)CCc1cc(C(=O)NC)ccc1C2(C[C@H](NCC(=O)N1C(C#N)C[C@@H]2C[C@@H]21)c1ccc(F)cc1)c1nnn[nH]1. The number of fused-ring (bicyclic) bond motifs is 3. The van der Waals surface area contributed by atoms with Gasteiger partial charge >= 0.3 is 0 Å². The molecule has 0 spiro atoms. The number of aromatic nitrogens is 4. The monoisotopic (exact) mass is 661 g/mol. The molecule has 2 heterocycles. The van der Waals surface area contributed by atoms with Gasteiger partial charge in [-0.1, -0.05) is 24.3 Å². The number of nitriles is 1. The highest BCUT2D eigenvalue weighted by atomic mass is 19.1. The predicted molar refractivity (Wildman–Crippen MR) is 176 cm³/mol. The second-order valence-electron chi connectivity index (χ2n) is 13.0. The predicted octanol–water partition coefficient (Wildman–Crippen LogP) is 2.72. The van der Waals surface area contributed by atoms with Crippen LogP contribution in [0.3, 0.4) is 0 Å². The maximum Gasteiger partial charge on any atom is 0.251 e. The summed E-state index contributed by atoms with van der Waals surface area (Å²) in [6.07, 6.45) is 3.01. The third kappa shape index (κ3) is 5.72. The fraction of sp³-hybridized carbons (Fsp3) is 0.361. The lowest BCUT2D eigenvalue weighted by molar-refractivity contribution is -0.131. The largest absolute Gasteiger partial charge is 0.355 e. The molecule has 3 aliphatic rings. The van der Waals surface area contributed by atoms with Gasteiger partial charge in [0.05, 0.1) is 18.0 Å². The summed E-state index contributed by atoms with van der Waals surface area (Å²) in [5.74, 6) is -0.192. The zero-order valence-corrected chi connectivity index (χ0v) is 27.2. The van der Waals surface area contributed by atoms with Crippen molar-refractivity contribution in [2.75, 3.05) is 20.6 Å². The first-order valence-electron chi connectivity index (χ1n) is 16.4. The van der Waals surface area contributed by atoms with Gasteiger partial charge in [0.15, 0.2) is 5.82 Å². The Morgan fingerprint density at radius 1 is 0.980 bits per heavy atom. The second kappa shape index (κ2) is 12.9. The molecule has 49 heavy (non-hydrogen) atoms. The first kappa shape index (κ1) is 32.1. The molecule has 1 aromatic heterocycles. The molecule has 1 saturated heterocycles. The van der Waals surface area contributed by atoms with Gasteiger partial charge in [-0.2, -0.15) is 5.26 Å². The van der Waals surface area contributed by atoms with Crippen LogP contribution in [0.2, 0.25) is 0 Å². The molecule has 4 aromatic rings. The quantitative estimate of drug-likeness (QED) is 0.212. The van der Waals surface area contributed by atoms with Crippen molar-refractivity contribution in [3.8, 4) is 6.07 Å². The van der Waals surface area contributed by atoms with Gasteiger partial charge in [0, 0.05) is 37.3 Å². The number of benzene rings is 3. The topological polar surface area (TPSA) is 169 Å². The summed E-state index contributed by atoms with van der Waals surface area (Å²) < 4.78 is 14.3. The Morgan fingerprint density at radius 2 is 1.61 bits per heavy atom. The molecule has 7 rings (SSSR count). The number of H-pyrrole nitrogens is 1. The molecule has 1 unspecified atom stereocenters. The molecule has 1 saturated carbocycles. The van der Waals surface area contributed by atoms with E-state index in [1.165, 1.54) is 12.1 Å². The Kier molecular flexibility index (Phi) is 8.42. The van der Waals surface area contributed by atoms with E-state index < -0.39 is 23.3 Å². The molecule has 3 aromatic carbocycles. The molecule has 2 fully saturated rings. The van der Waals surface area contributed by atoms with E-state index in [4.69, 9.17) is 0 Å². The summed E-state index contributed by atoms with van der Waals surface area (Å²) in [6, 6.07) is 18.7. The lowest BCUT2D eigenvalue weighted by Gasteiger charge is -2.38. The third-order valence-corrected chi connectivity index (χ3v) is 10.3. The average molecular weight is 662 g/mol. The number of nitrogens with one attached hydrogen (secondary N) is 4. The summed E-state index contributed by atoms with van der Waals surface area (Å²) in [5.41, 5.74) is 4.17. The molecular weight excluding hydrogens is 625 g/mol. The van der Waals surface area contributed by atoms with E-state index in [0.717, 1.165) is 34.2 Å². The molecule has 250 valence electrons. The molecule has 4 atom stereocenters. The van der Waals surface area contributed by atoms with Crippen LogP contribution in [0.15, 0.2) is 60.7 Å². The number of aryl methyl sites for hydroxylation is 2. The molecular formula is C36H36FN9O3. The van der Waals surface area contributed by atoms with Gasteiger partial charge in [-0.25, -0.2) is 9.49 Å². The van der Waals surface area contributed by atoms with Crippen LogP contribution in [-0.2, 0) is 23.1 Å². The van der Waals surface area contributed by atoms with Crippen LogP contribution in [0.25, 0.3) is 0 Å². The van der Waals surface area contributed by atoms with Crippen molar-refractivity contribution in [1.29, 1.82) is 5.26 Å². The molecule has 4 N–H and O–H groups in total. The van der Waals surface area contributed by atoms with E-state index in [1.54, 1.807) is 43.3 Å². The van der Waals surface area contributed by atoms with E-state index in [0.29, 0.717) is 42.1 Å². The van der Waals surface area contributed by atoms with Gasteiger partial charge in [0.2, 0.25) is 5.91 Å². The number of carbonyl (C=O) groups is 3. The standard InChI is InChI=1S/C36H36FN9O3/c1-39-33(48)23-7-11-28-21(13-23)3-4-22-14-24(34(49)40-2)8-12-29(22)36(28,35-42-44-45-43-35)17-30(20-5-9-26(37)10-6-20)41-19-32(47)46-27(18-38)15-25-16-31(25)46/h5-14,25,27,30-31,41H,3-4,15-17,19H2,1-2H3,(H,39,48)(H,40,49)(H,42,43,44,45)/t25-,27?,30+,31+/m1/s1. The summed E-state index contributed by atoms with van der Waals surface area (Å²) in [6.45, 7) is -0.0425. The van der Waals surface area contributed by atoms with Gasteiger partial charge in [0.25, 0.3) is 11.8 Å². The van der Waals surface area contributed by atoms with Crippen LogP contribution in [0.1, 0.15) is 79.7 Å². The highest BCUT2D eigenvalue weighted by Crippen LogP contribution is 2.50. The number of hydrogen-bond donors (Lipinski definition) is 4. The lowest BCUT2D eigenvalue weighted by atomic mass is 9.67. The maximum absolute atomic E-state index is 14.3. The summed E-state index contributed by atoms with van der Waals surface area (Å²) in [4.78, 5) is 41.0. The first-order valence-corrected chi connectivity index (χ1v) is 16.4. The van der Waals surface area contributed by atoms with Crippen LogP contribution < -0.4 is 16.0 Å². The zero-order chi connectivity index (χ0) is 34.3. The van der Waals surface area contributed by atoms with Crippen molar-refractivity contribution >= 4 is 17.7 Å². The van der Waals surface area contributed by atoms with Gasteiger partial charge in [-0.3, -0.25) is 14.4 Å². The minimum absolute atomic E-state index is 0.0425. The molecule has 3 amide bonds. The Bertz CT molecular complexity index is 1890. The number of nitrogens with zero attached hydrogens (tertiary/aromatic N) is 5. The number of tetrazole rings is 1. The van der Waals surface area contributed by atoms with Crippen molar-refractivity contribution in [2.45, 2.75) is 55.6 Å². The molecule has 0 bridgehead atoms. The van der Waals surface area contributed by atoms with Gasteiger partial charge in [-0.15, -0.1) is 5.10 Å². The summed E-state index contributed by atoms with van der Waals surface area (Å²) in [7, 11) is 3.17. The number of hydrogen-bond acceptors (Lipinski definition) is 8. The van der Waals surface area contributed by atoms with E-state index in [1.807, 2.05) is 24.3 Å². The van der Waals surface area contributed by atoms with E-state index in [2.05, 4.69) is 42.6 Å². The summed E-state index contributed by atoms with van der Waals surface area (Å²) in [5, 5.41) is 34.1. The maximum atomic E-state index is 14.3. The fourth-order valence-corrected chi connectivity index (χ4v) is 7.87. The van der Waals surface area contributed by atoms with Crippen molar-refractivity contribution in [2.24, 2.45) is 5.92 Å². The number of rotatable bonds is 9. The number of aromatic amines is 1. The van der Waals surface area contributed by atoms with E-state index >= 15 is 0 Å². The highest BCUT2D eigenvalue weighted by molar-refractivity contribution is 5.95. The van der Waals surface area contributed by atoms with Crippen molar-refractivity contribution < 1.29 is 18.8 Å². The minimum atomic E-state index is -1.08. The number of amides is 3. The highest BCUT2D eigenvalue weighted by Gasteiger charge is 2.54. The van der Waals surface area contributed by atoms with Crippen LogP contribution in [0.5, 0.6) is 0 Å². The van der Waals surface area contributed by atoms with Crippen LogP contribution in [0.4, 0.5) is 4.39 Å². The number of carbonyl (C=O) groups excluding carboxylic acids is 3. The second-order valence-corrected chi connectivity index (χ2v) is 13.0. The fourth-order valence-electron chi connectivity index (χ4n) is 7.87. The van der Waals surface area contributed by atoms with Gasteiger partial charge in [-0.05, 0) is 113 Å². The number of halogens is 1. The zero-order valence-electron chi connectivity index (χ0n) is 27.2. The molecule has 1 aliphatic heterocycles. The number of piperidine rings is 1. The third-order valence-electron chi connectivity index (χ3n) is 10.3. The van der Waals surface area contributed by atoms with Crippen LogP contribution in [0, 0.1) is 23.1 Å². The molecule has 13 heteroatoms. The van der Waals surface area contributed by atoms with Crippen LogP contribution in [-0.4, -0.2) is 76.0 Å². The number of likely N-dealkylation sites (tertiary alicyclic amines) is 1.